The molecule has 2 N–H and O–H groups in total. The number of hydrogen-bond donors (Lipinski definition) is 2. The molecule has 0 spiro atoms. The molecule has 1 aliphatic heterocycles. The number of carbonyl (C=O) groups is 2. The van der Waals surface area contributed by atoms with Crippen LogP contribution in [-0.2, 0) is 9.53 Å². The first-order chi connectivity index (χ1) is 11.3. The number of ether oxygens (including phenoxy) is 1. The van der Waals surface area contributed by atoms with E-state index in [4.69, 9.17) is 9.84 Å². The van der Waals surface area contributed by atoms with E-state index in [9.17, 15) is 9.59 Å². The maximum absolute atomic E-state index is 11.8. The fraction of sp³-hybridized carbons (Fsp3) is 0.789. The summed E-state index contributed by atoms with van der Waals surface area (Å²) < 4.78 is 5.25. The Kier molecular flexibility index (Phi) is 3.49. The highest BCUT2D eigenvalue weighted by Crippen LogP contribution is 2.64. The second kappa shape index (κ2) is 5.24. The Morgan fingerprint density at radius 2 is 2.04 bits per heavy atom. The minimum Gasteiger partial charge on any atom is -0.450 e. The highest BCUT2D eigenvalue weighted by atomic mass is 16.7. The highest BCUT2D eigenvalue weighted by molar-refractivity contribution is 5.79. The molecule has 3 fully saturated rings. The van der Waals surface area contributed by atoms with E-state index in [1.54, 1.807) is 0 Å². The van der Waals surface area contributed by atoms with Crippen molar-refractivity contribution in [2.75, 3.05) is 0 Å². The lowest BCUT2D eigenvalue weighted by atomic mass is 9.50. The van der Waals surface area contributed by atoms with Crippen LogP contribution in [0.4, 0.5) is 4.79 Å². The van der Waals surface area contributed by atoms with Crippen molar-refractivity contribution in [1.82, 2.24) is 5.32 Å². The first kappa shape index (κ1) is 16.0. The third-order valence-corrected chi connectivity index (χ3v) is 7.77. The first-order valence-corrected chi connectivity index (χ1v) is 9.24. The van der Waals surface area contributed by atoms with E-state index in [0.29, 0.717) is 24.2 Å². The molecule has 5 nitrogen and oxygen atoms in total. The molecule has 4 rings (SSSR count). The second-order valence-electron chi connectivity index (χ2n) is 8.69. The number of hydrogen-bond acceptors (Lipinski definition) is 3. The van der Waals surface area contributed by atoms with E-state index in [1.165, 1.54) is 0 Å². The topological polar surface area (TPSA) is 75.6 Å². The minimum absolute atomic E-state index is 0.0286. The lowest BCUT2D eigenvalue weighted by Crippen LogP contribution is -2.54. The number of carboxylic acid groups (broad SMARTS) is 1. The molecular formula is C19H27NO4. The molecular weight excluding hydrogens is 306 g/mol. The van der Waals surface area contributed by atoms with Gasteiger partial charge in [0.25, 0.3) is 0 Å². The quantitative estimate of drug-likeness (QED) is 0.718. The number of amides is 1. The Morgan fingerprint density at radius 3 is 2.79 bits per heavy atom. The fourth-order valence-corrected chi connectivity index (χ4v) is 6.46. The Morgan fingerprint density at radius 1 is 1.25 bits per heavy atom. The summed E-state index contributed by atoms with van der Waals surface area (Å²) in [5, 5.41) is 12.2. The van der Waals surface area contributed by atoms with Gasteiger partial charge in [-0.1, -0.05) is 19.9 Å². The van der Waals surface area contributed by atoms with Gasteiger partial charge in [-0.3, -0.25) is 4.79 Å². The zero-order valence-corrected chi connectivity index (χ0v) is 14.5. The Hall–Kier alpha value is -1.52. The molecule has 5 heteroatoms. The molecule has 6 atom stereocenters. The van der Waals surface area contributed by atoms with Crippen molar-refractivity contribution >= 4 is 12.1 Å². The molecule has 0 aromatic carbocycles. The Balaban J connectivity index is 1.63. The van der Waals surface area contributed by atoms with Crippen molar-refractivity contribution in [1.29, 1.82) is 0 Å². The van der Waals surface area contributed by atoms with Crippen LogP contribution in [-0.4, -0.2) is 23.3 Å². The molecule has 1 saturated heterocycles. The predicted molar refractivity (Wildman–Crippen MR) is 88.1 cm³/mol. The summed E-state index contributed by atoms with van der Waals surface area (Å²) in [6, 6.07) is 0. The zero-order chi connectivity index (χ0) is 17.1. The third kappa shape index (κ3) is 2.12. The monoisotopic (exact) mass is 333 g/mol. The summed E-state index contributed by atoms with van der Waals surface area (Å²) in [5.74, 6) is 1.83. The maximum atomic E-state index is 11.8. The zero-order valence-electron chi connectivity index (χ0n) is 14.5. The largest absolute Gasteiger partial charge is 0.506 e. The molecule has 132 valence electrons. The van der Waals surface area contributed by atoms with Crippen LogP contribution in [0.15, 0.2) is 11.8 Å². The van der Waals surface area contributed by atoms with E-state index >= 15 is 0 Å². The molecule has 0 aromatic heterocycles. The summed E-state index contributed by atoms with van der Waals surface area (Å²) in [6.07, 6.45) is 7.51. The van der Waals surface area contributed by atoms with Crippen molar-refractivity contribution in [3.63, 3.8) is 0 Å². The molecule has 0 unspecified atom stereocenters. The van der Waals surface area contributed by atoms with Crippen LogP contribution in [0.2, 0.25) is 0 Å². The molecule has 0 radical (unpaired) electrons. The van der Waals surface area contributed by atoms with Crippen LogP contribution in [0, 0.1) is 28.6 Å². The summed E-state index contributed by atoms with van der Waals surface area (Å²) in [7, 11) is 0. The molecule has 2 saturated carbocycles. The van der Waals surface area contributed by atoms with Gasteiger partial charge in [0, 0.05) is 22.9 Å². The van der Waals surface area contributed by atoms with Gasteiger partial charge in [-0.05, 0) is 56.3 Å². The van der Waals surface area contributed by atoms with E-state index in [2.05, 4.69) is 25.2 Å². The summed E-state index contributed by atoms with van der Waals surface area (Å²) >= 11 is 0. The van der Waals surface area contributed by atoms with Crippen molar-refractivity contribution < 1.29 is 19.4 Å². The number of allylic oxidation sites excluding steroid dienone is 2. The molecule has 24 heavy (non-hydrogen) atoms. The van der Waals surface area contributed by atoms with Crippen LogP contribution >= 0.6 is 0 Å². The first-order valence-electron chi connectivity index (χ1n) is 9.24. The molecule has 1 amide bonds. The van der Waals surface area contributed by atoms with Gasteiger partial charge in [-0.25, -0.2) is 4.79 Å². The van der Waals surface area contributed by atoms with Crippen LogP contribution in [0.3, 0.4) is 0 Å². The minimum atomic E-state index is -1.14. The van der Waals surface area contributed by atoms with E-state index in [-0.39, 0.29) is 22.8 Å². The van der Waals surface area contributed by atoms with E-state index in [0.717, 1.165) is 44.2 Å². The fourth-order valence-electron chi connectivity index (χ4n) is 6.46. The normalized spacial score (nSPS) is 46.9. The number of rotatable bonds is 1. The molecule has 4 aliphatic rings. The number of piperidine rings is 1. The molecule has 3 aliphatic carbocycles. The van der Waals surface area contributed by atoms with E-state index < -0.39 is 6.16 Å². The average molecular weight is 333 g/mol. The van der Waals surface area contributed by atoms with Crippen LogP contribution in [0.1, 0.15) is 58.8 Å². The Bertz CT molecular complexity index is 614. The van der Waals surface area contributed by atoms with Gasteiger partial charge in [0.05, 0.1) is 0 Å². The van der Waals surface area contributed by atoms with Gasteiger partial charge in [-0.15, -0.1) is 0 Å². The van der Waals surface area contributed by atoms with Gasteiger partial charge < -0.3 is 15.2 Å². The van der Waals surface area contributed by atoms with Crippen molar-refractivity contribution in [3.05, 3.63) is 11.8 Å². The van der Waals surface area contributed by atoms with Gasteiger partial charge in [-0.2, -0.15) is 0 Å². The van der Waals surface area contributed by atoms with Gasteiger partial charge in [0.15, 0.2) is 0 Å². The SMILES string of the molecule is C[C@]12CC[C@H]3[C@@H](CC=C4NC(=O)CC[C@@]43C)[C@@H]1CC[C@@H]2OC(=O)O. The third-order valence-electron chi connectivity index (χ3n) is 7.77. The predicted octanol–water partition coefficient (Wildman–Crippen LogP) is 3.70. The van der Waals surface area contributed by atoms with E-state index in [1.807, 2.05) is 0 Å². The summed E-state index contributed by atoms with van der Waals surface area (Å²) in [5.41, 5.74) is 1.18. The second-order valence-corrected chi connectivity index (χ2v) is 8.69. The standard InChI is InChI=1S/C19H27NO4/c1-18-10-8-16(21)20-14(18)5-3-11-12-4-6-15(24-17(22)23)19(12,2)9-7-13(11)18/h5,11-13,15H,3-4,6-10H2,1-2H3,(H,20,21)(H,22,23)/t11-,12-,13-,15-,18+,19-/m0/s1. The van der Waals surface area contributed by atoms with Gasteiger partial charge in [0.1, 0.15) is 6.10 Å². The van der Waals surface area contributed by atoms with Crippen LogP contribution in [0.25, 0.3) is 0 Å². The van der Waals surface area contributed by atoms with Crippen molar-refractivity contribution in [2.45, 2.75) is 64.9 Å². The van der Waals surface area contributed by atoms with Gasteiger partial charge in [0.2, 0.25) is 5.91 Å². The highest BCUT2D eigenvalue weighted by Gasteiger charge is 2.59. The number of carbonyl (C=O) groups excluding carboxylic acids is 1. The summed E-state index contributed by atoms with van der Waals surface area (Å²) in [6.45, 7) is 4.55. The van der Waals surface area contributed by atoms with Crippen LogP contribution < -0.4 is 5.32 Å². The Labute approximate surface area is 142 Å². The lowest BCUT2D eigenvalue weighted by Gasteiger charge is -2.56. The molecule has 0 bridgehead atoms. The van der Waals surface area contributed by atoms with Crippen LogP contribution in [0.5, 0.6) is 0 Å². The number of nitrogens with one attached hydrogen (secondary N) is 1. The van der Waals surface area contributed by atoms with Crippen molar-refractivity contribution in [3.8, 4) is 0 Å². The molecule has 1 heterocycles. The van der Waals surface area contributed by atoms with Gasteiger partial charge >= 0.3 is 6.16 Å². The number of fused-ring (bicyclic) bond motifs is 5. The smallest absolute Gasteiger partial charge is 0.450 e. The average Bonchev–Trinajstić information content (AvgIpc) is 2.84. The lowest BCUT2D eigenvalue weighted by molar-refractivity contribution is -0.125. The summed E-state index contributed by atoms with van der Waals surface area (Å²) in [4.78, 5) is 22.8. The van der Waals surface area contributed by atoms with Crippen molar-refractivity contribution in [2.24, 2.45) is 28.6 Å². The maximum Gasteiger partial charge on any atom is 0.506 e. The molecule has 0 aromatic rings.